The van der Waals surface area contributed by atoms with E-state index in [1.54, 1.807) is 11.9 Å². The molecule has 1 aromatic heterocycles. The van der Waals surface area contributed by atoms with Gasteiger partial charge in [0.25, 0.3) is 5.91 Å². The Kier molecular flexibility index (Phi) is 4.64. The second kappa shape index (κ2) is 6.59. The molecule has 0 radical (unpaired) electrons. The SMILES string of the molecule is Cc1ccc(C(=O)N2CCC(S(=O)(=O)c3nncn3C)CC2)c(C)c1. The Morgan fingerprint density at radius 3 is 2.44 bits per heavy atom. The standard InChI is InChI=1S/C17H22N4O3S/c1-12-4-5-15(13(2)10-12)16(22)21-8-6-14(7-9-21)25(23,24)17-19-18-11-20(17)3/h4-5,10-11,14H,6-9H2,1-3H3. The molecule has 1 aliphatic rings. The van der Waals surface area contributed by atoms with Crippen molar-refractivity contribution in [2.45, 2.75) is 37.1 Å². The molecule has 25 heavy (non-hydrogen) atoms. The van der Waals surface area contributed by atoms with Gasteiger partial charge in [-0.1, -0.05) is 17.7 Å². The number of hydrogen-bond donors (Lipinski definition) is 0. The molecule has 0 unspecified atom stereocenters. The first-order valence-electron chi connectivity index (χ1n) is 8.25. The van der Waals surface area contributed by atoms with Gasteiger partial charge in [-0.05, 0) is 38.3 Å². The van der Waals surface area contributed by atoms with Gasteiger partial charge in [0.15, 0.2) is 0 Å². The molecule has 1 aliphatic heterocycles. The molecule has 0 atom stereocenters. The quantitative estimate of drug-likeness (QED) is 0.826. The van der Waals surface area contributed by atoms with Gasteiger partial charge >= 0.3 is 0 Å². The Hall–Kier alpha value is -2.22. The average molecular weight is 362 g/mol. The fraction of sp³-hybridized carbons (Fsp3) is 0.471. The maximum absolute atomic E-state index is 12.7. The van der Waals surface area contributed by atoms with Crippen LogP contribution in [0.1, 0.15) is 34.3 Å². The van der Waals surface area contributed by atoms with Crippen LogP contribution in [0.25, 0.3) is 0 Å². The van der Waals surface area contributed by atoms with Crippen LogP contribution in [0.5, 0.6) is 0 Å². The molecule has 0 saturated carbocycles. The number of piperidine rings is 1. The number of carbonyl (C=O) groups excluding carboxylic acids is 1. The summed E-state index contributed by atoms with van der Waals surface area (Å²) in [6.45, 7) is 4.76. The van der Waals surface area contributed by atoms with Crippen molar-refractivity contribution in [3.05, 3.63) is 41.2 Å². The van der Waals surface area contributed by atoms with Gasteiger partial charge < -0.3 is 9.47 Å². The van der Waals surface area contributed by atoms with E-state index in [1.807, 2.05) is 32.0 Å². The van der Waals surface area contributed by atoms with Crippen LogP contribution >= 0.6 is 0 Å². The topological polar surface area (TPSA) is 85.2 Å². The summed E-state index contributed by atoms with van der Waals surface area (Å²) in [5.41, 5.74) is 2.74. The van der Waals surface area contributed by atoms with Crippen molar-refractivity contribution < 1.29 is 13.2 Å². The maximum Gasteiger partial charge on any atom is 0.254 e. The molecule has 2 heterocycles. The number of amides is 1. The summed E-state index contributed by atoms with van der Waals surface area (Å²) < 4.78 is 26.8. The minimum absolute atomic E-state index is 0.00773. The number of nitrogens with zero attached hydrogens (tertiary/aromatic N) is 4. The fourth-order valence-electron chi connectivity index (χ4n) is 3.27. The molecule has 0 bridgehead atoms. The summed E-state index contributed by atoms with van der Waals surface area (Å²) >= 11 is 0. The minimum Gasteiger partial charge on any atom is -0.339 e. The summed E-state index contributed by atoms with van der Waals surface area (Å²) in [5, 5.41) is 6.84. The first-order valence-corrected chi connectivity index (χ1v) is 9.80. The third-order valence-electron chi connectivity index (χ3n) is 4.70. The zero-order valence-electron chi connectivity index (χ0n) is 14.6. The van der Waals surface area contributed by atoms with Crippen LogP contribution in [0.4, 0.5) is 0 Å². The molecule has 134 valence electrons. The normalized spacial score (nSPS) is 16.2. The Bertz CT molecular complexity index is 896. The van der Waals surface area contributed by atoms with Crippen molar-refractivity contribution in [1.82, 2.24) is 19.7 Å². The number of benzene rings is 1. The molecule has 7 nitrogen and oxygen atoms in total. The summed E-state index contributed by atoms with van der Waals surface area (Å²) in [6.07, 6.45) is 2.20. The van der Waals surface area contributed by atoms with E-state index in [0.29, 0.717) is 31.5 Å². The van der Waals surface area contributed by atoms with E-state index in [2.05, 4.69) is 10.2 Å². The lowest BCUT2D eigenvalue weighted by Crippen LogP contribution is -2.43. The van der Waals surface area contributed by atoms with E-state index in [1.165, 1.54) is 10.9 Å². The largest absolute Gasteiger partial charge is 0.339 e. The van der Waals surface area contributed by atoms with E-state index < -0.39 is 15.1 Å². The van der Waals surface area contributed by atoms with Crippen LogP contribution in [-0.4, -0.2) is 52.3 Å². The zero-order chi connectivity index (χ0) is 18.2. The predicted octanol–water partition coefficient (Wildman–Crippen LogP) is 1.51. The van der Waals surface area contributed by atoms with Crippen molar-refractivity contribution >= 4 is 15.7 Å². The van der Waals surface area contributed by atoms with Gasteiger partial charge in [-0.3, -0.25) is 4.79 Å². The predicted molar refractivity (Wildman–Crippen MR) is 93.0 cm³/mol. The summed E-state index contributed by atoms with van der Waals surface area (Å²) in [7, 11) is -1.91. The molecule has 2 aromatic rings. The van der Waals surface area contributed by atoms with Gasteiger partial charge in [0.05, 0.1) is 5.25 Å². The summed E-state index contributed by atoms with van der Waals surface area (Å²) in [5.74, 6) is -0.0352. The van der Waals surface area contributed by atoms with Crippen LogP contribution in [0.15, 0.2) is 29.7 Å². The Morgan fingerprint density at radius 1 is 1.20 bits per heavy atom. The van der Waals surface area contributed by atoms with Crippen molar-refractivity contribution in [2.75, 3.05) is 13.1 Å². The van der Waals surface area contributed by atoms with Crippen LogP contribution in [-0.2, 0) is 16.9 Å². The second-order valence-electron chi connectivity index (χ2n) is 6.58. The number of carbonyl (C=O) groups is 1. The molecule has 1 aromatic carbocycles. The molecule has 8 heteroatoms. The third kappa shape index (κ3) is 3.30. The monoisotopic (exact) mass is 362 g/mol. The number of hydrogen-bond acceptors (Lipinski definition) is 5. The summed E-state index contributed by atoms with van der Waals surface area (Å²) in [6, 6.07) is 5.75. The van der Waals surface area contributed by atoms with Gasteiger partial charge in [0, 0.05) is 25.7 Å². The average Bonchev–Trinajstić information content (AvgIpc) is 3.01. The molecule has 1 amide bonds. The van der Waals surface area contributed by atoms with Crippen molar-refractivity contribution in [3.8, 4) is 0 Å². The molecule has 0 N–H and O–H groups in total. The number of likely N-dealkylation sites (tertiary alicyclic amines) is 1. The Morgan fingerprint density at radius 2 is 1.88 bits per heavy atom. The highest BCUT2D eigenvalue weighted by atomic mass is 32.2. The molecule has 3 rings (SSSR count). The molecular weight excluding hydrogens is 340 g/mol. The number of sulfone groups is 1. The lowest BCUT2D eigenvalue weighted by molar-refractivity contribution is 0.0725. The van der Waals surface area contributed by atoms with Gasteiger partial charge in [-0.15, -0.1) is 10.2 Å². The second-order valence-corrected chi connectivity index (χ2v) is 8.70. The number of aromatic nitrogens is 3. The van der Waals surface area contributed by atoms with E-state index >= 15 is 0 Å². The van der Waals surface area contributed by atoms with Crippen LogP contribution in [0, 0.1) is 13.8 Å². The van der Waals surface area contributed by atoms with E-state index in [4.69, 9.17) is 0 Å². The van der Waals surface area contributed by atoms with Crippen LogP contribution < -0.4 is 0 Å². The van der Waals surface area contributed by atoms with Gasteiger partial charge in [0.2, 0.25) is 15.0 Å². The number of rotatable bonds is 3. The first kappa shape index (κ1) is 17.6. The van der Waals surface area contributed by atoms with Gasteiger partial charge in [-0.25, -0.2) is 8.42 Å². The van der Waals surface area contributed by atoms with Crippen molar-refractivity contribution in [3.63, 3.8) is 0 Å². The molecule has 1 fully saturated rings. The highest BCUT2D eigenvalue weighted by Crippen LogP contribution is 2.24. The van der Waals surface area contributed by atoms with Crippen molar-refractivity contribution in [2.24, 2.45) is 7.05 Å². The fourth-order valence-corrected chi connectivity index (χ4v) is 5.01. The molecule has 0 aliphatic carbocycles. The van der Waals surface area contributed by atoms with E-state index in [-0.39, 0.29) is 11.1 Å². The summed E-state index contributed by atoms with van der Waals surface area (Å²) in [4.78, 5) is 14.5. The first-order chi connectivity index (χ1) is 11.8. The third-order valence-corrected chi connectivity index (χ3v) is 6.93. The molecule has 0 spiro atoms. The Balaban J connectivity index is 1.72. The highest BCUT2D eigenvalue weighted by Gasteiger charge is 2.35. The number of aryl methyl sites for hydroxylation is 3. The van der Waals surface area contributed by atoms with Gasteiger partial charge in [-0.2, -0.15) is 0 Å². The molecular formula is C17H22N4O3S. The van der Waals surface area contributed by atoms with Gasteiger partial charge in [0.1, 0.15) is 6.33 Å². The Labute approximate surface area is 147 Å². The lowest BCUT2D eigenvalue weighted by atomic mass is 10.0. The lowest BCUT2D eigenvalue weighted by Gasteiger charge is -2.31. The molecule has 1 saturated heterocycles. The van der Waals surface area contributed by atoms with E-state index in [0.717, 1.165) is 11.1 Å². The smallest absolute Gasteiger partial charge is 0.254 e. The van der Waals surface area contributed by atoms with Crippen molar-refractivity contribution in [1.29, 1.82) is 0 Å². The zero-order valence-corrected chi connectivity index (χ0v) is 15.5. The minimum atomic E-state index is -3.53. The maximum atomic E-state index is 12.7. The van der Waals surface area contributed by atoms with Crippen LogP contribution in [0.2, 0.25) is 0 Å². The van der Waals surface area contributed by atoms with E-state index in [9.17, 15) is 13.2 Å². The van der Waals surface area contributed by atoms with Crippen LogP contribution in [0.3, 0.4) is 0 Å². The highest BCUT2D eigenvalue weighted by molar-refractivity contribution is 7.91.